The molecular formula is C16H17N3O. The molecule has 0 aliphatic heterocycles. The van der Waals surface area contributed by atoms with Crippen LogP contribution in [0.2, 0.25) is 0 Å². The number of fused-ring (bicyclic) bond motifs is 1. The van der Waals surface area contributed by atoms with Crippen LogP contribution in [0.3, 0.4) is 0 Å². The number of imidazole rings is 1. The lowest BCUT2D eigenvalue weighted by Crippen LogP contribution is -2.10. The standard InChI is InChI=1S/C16H17N3O/c1-16(2,3)12-6-4-11(5-7-12)14-15-17-8-9-19(15)10-13(20)18-14/h4-10,20H,1-3H3. The van der Waals surface area contributed by atoms with E-state index >= 15 is 0 Å². The molecule has 0 fully saturated rings. The topological polar surface area (TPSA) is 50.4 Å². The number of rotatable bonds is 1. The summed E-state index contributed by atoms with van der Waals surface area (Å²) >= 11 is 0. The second kappa shape index (κ2) is 4.34. The first-order valence-electron chi connectivity index (χ1n) is 6.59. The molecule has 20 heavy (non-hydrogen) atoms. The van der Waals surface area contributed by atoms with Crippen molar-refractivity contribution in [2.75, 3.05) is 0 Å². The van der Waals surface area contributed by atoms with Crippen molar-refractivity contribution in [3.8, 4) is 17.1 Å². The molecule has 0 saturated heterocycles. The summed E-state index contributed by atoms with van der Waals surface area (Å²) in [5.74, 6) is -0.00889. The van der Waals surface area contributed by atoms with Gasteiger partial charge in [0.05, 0.1) is 6.20 Å². The van der Waals surface area contributed by atoms with E-state index in [1.807, 2.05) is 12.1 Å². The first kappa shape index (κ1) is 12.7. The molecule has 0 atom stereocenters. The SMILES string of the molecule is CC(C)(C)c1ccc(-c2nc(O)cn3ccnc23)cc1. The molecule has 0 spiro atoms. The van der Waals surface area contributed by atoms with Crippen molar-refractivity contribution >= 4 is 5.65 Å². The summed E-state index contributed by atoms with van der Waals surface area (Å²) in [6, 6.07) is 8.25. The molecule has 0 amide bonds. The van der Waals surface area contributed by atoms with Crippen LogP contribution in [0.25, 0.3) is 16.9 Å². The Balaban J connectivity index is 2.14. The van der Waals surface area contributed by atoms with E-state index in [-0.39, 0.29) is 11.3 Å². The minimum atomic E-state index is -0.00889. The van der Waals surface area contributed by atoms with Gasteiger partial charge in [0, 0.05) is 18.0 Å². The Hall–Kier alpha value is -2.36. The van der Waals surface area contributed by atoms with Crippen molar-refractivity contribution in [2.45, 2.75) is 26.2 Å². The summed E-state index contributed by atoms with van der Waals surface area (Å²) < 4.78 is 1.77. The van der Waals surface area contributed by atoms with Crippen molar-refractivity contribution in [1.82, 2.24) is 14.4 Å². The van der Waals surface area contributed by atoms with Gasteiger partial charge in [0.25, 0.3) is 0 Å². The summed E-state index contributed by atoms with van der Waals surface area (Å²) in [6.45, 7) is 6.55. The van der Waals surface area contributed by atoms with Crippen LogP contribution >= 0.6 is 0 Å². The molecule has 2 heterocycles. The van der Waals surface area contributed by atoms with Crippen LogP contribution < -0.4 is 0 Å². The molecule has 102 valence electrons. The first-order chi connectivity index (χ1) is 9.45. The zero-order chi connectivity index (χ0) is 14.3. The van der Waals surface area contributed by atoms with Crippen molar-refractivity contribution in [2.24, 2.45) is 0 Å². The van der Waals surface area contributed by atoms with Gasteiger partial charge in [-0.3, -0.25) is 4.40 Å². The van der Waals surface area contributed by atoms with Crippen molar-refractivity contribution < 1.29 is 5.11 Å². The number of benzene rings is 1. The average molecular weight is 267 g/mol. The number of aromatic nitrogens is 3. The molecule has 0 radical (unpaired) electrons. The molecule has 4 nitrogen and oxygen atoms in total. The molecule has 2 aromatic heterocycles. The van der Waals surface area contributed by atoms with Crippen molar-refractivity contribution in [1.29, 1.82) is 0 Å². The van der Waals surface area contributed by atoms with E-state index in [1.54, 1.807) is 23.0 Å². The highest BCUT2D eigenvalue weighted by Gasteiger charge is 2.14. The fraction of sp³-hybridized carbons (Fsp3) is 0.250. The molecule has 1 N–H and O–H groups in total. The normalized spacial score (nSPS) is 11.9. The molecular weight excluding hydrogens is 250 g/mol. The number of hydrogen-bond acceptors (Lipinski definition) is 3. The van der Waals surface area contributed by atoms with Gasteiger partial charge in [-0.25, -0.2) is 9.97 Å². The van der Waals surface area contributed by atoms with E-state index in [0.717, 1.165) is 11.2 Å². The summed E-state index contributed by atoms with van der Waals surface area (Å²) in [4.78, 5) is 8.50. The Bertz CT molecular complexity index is 751. The Morgan fingerprint density at radius 1 is 1.10 bits per heavy atom. The minimum Gasteiger partial charge on any atom is -0.492 e. The van der Waals surface area contributed by atoms with Crippen LogP contribution in [0.1, 0.15) is 26.3 Å². The summed E-state index contributed by atoms with van der Waals surface area (Å²) in [5.41, 5.74) is 3.76. The third-order valence-corrected chi connectivity index (χ3v) is 3.39. The average Bonchev–Trinajstić information content (AvgIpc) is 2.85. The minimum absolute atomic E-state index is 0.00889. The first-order valence-corrected chi connectivity index (χ1v) is 6.59. The van der Waals surface area contributed by atoms with Crippen LogP contribution in [-0.4, -0.2) is 19.5 Å². The van der Waals surface area contributed by atoms with Crippen LogP contribution in [0.4, 0.5) is 0 Å². The van der Waals surface area contributed by atoms with E-state index in [1.165, 1.54) is 5.56 Å². The van der Waals surface area contributed by atoms with E-state index in [2.05, 4.69) is 42.9 Å². The largest absolute Gasteiger partial charge is 0.492 e. The molecule has 0 unspecified atom stereocenters. The highest BCUT2D eigenvalue weighted by atomic mass is 16.3. The molecule has 0 saturated carbocycles. The van der Waals surface area contributed by atoms with Gasteiger partial charge in [0.15, 0.2) is 5.65 Å². The zero-order valence-corrected chi connectivity index (χ0v) is 11.8. The fourth-order valence-electron chi connectivity index (χ4n) is 2.24. The smallest absolute Gasteiger partial charge is 0.228 e. The Morgan fingerprint density at radius 2 is 1.80 bits per heavy atom. The van der Waals surface area contributed by atoms with Crippen molar-refractivity contribution in [3.05, 3.63) is 48.4 Å². The van der Waals surface area contributed by atoms with Gasteiger partial charge in [-0.1, -0.05) is 45.0 Å². The van der Waals surface area contributed by atoms with E-state index in [0.29, 0.717) is 5.69 Å². The maximum absolute atomic E-state index is 9.71. The molecule has 0 aliphatic carbocycles. The molecule has 0 bridgehead atoms. The summed E-state index contributed by atoms with van der Waals surface area (Å²) in [5, 5.41) is 9.71. The highest BCUT2D eigenvalue weighted by Crippen LogP contribution is 2.27. The maximum Gasteiger partial charge on any atom is 0.228 e. The number of hydrogen-bond donors (Lipinski definition) is 1. The van der Waals surface area contributed by atoms with E-state index in [4.69, 9.17) is 0 Å². The van der Waals surface area contributed by atoms with Gasteiger partial charge in [-0.05, 0) is 11.0 Å². The van der Waals surface area contributed by atoms with Gasteiger partial charge in [0.1, 0.15) is 5.69 Å². The van der Waals surface area contributed by atoms with Gasteiger partial charge in [-0.2, -0.15) is 0 Å². The Kier molecular flexibility index (Phi) is 2.74. The summed E-state index contributed by atoms with van der Waals surface area (Å²) in [6.07, 6.45) is 5.04. The molecule has 3 aromatic rings. The Labute approximate surface area is 117 Å². The predicted molar refractivity (Wildman–Crippen MR) is 78.8 cm³/mol. The van der Waals surface area contributed by atoms with Gasteiger partial charge in [0.2, 0.25) is 5.88 Å². The quantitative estimate of drug-likeness (QED) is 0.735. The third-order valence-electron chi connectivity index (χ3n) is 3.39. The lowest BCUT2D eigenvalue weighted by atomic mass is 9.86. The Morgan fingerprint density at radius 3 is 2.45 bits per heavy atom. The van der Waals surface area contributed by atoms with E-state index < -0.39 is 0 Å². The molecule has 3 rings (SSSR count). The number of nitrogens with zero attached hydrogens (tertiary/aromatic N) is 3. The molecule has 4 heteroatoms. The monoisotopic (exact) mass is 267 g/mol. The van der Waals surface area contributed by atoms with Crippen LogP contribution in [0.15, 0.2) is 42.9 Å². The zero-order valence-electron chi connectivity index (χ0n) is 11.8. The molecule has 0 aliphatic rings. The maximum atomic E-state index is 9.71. The second-order valence-electron chi connectivity index (χ2n) is 5.93. The molecule has 1 aromatic carbocycles. The lowest BCUT2D eigenvalue weighted by Gasteiger charge is -2.19. The van der Waals surface area contributed by atoms with Crippen LogP contribution in [-0.2, 0) is 5.41 Å². The van der Waals surface area contributed by atoms with Gasteiger partial charge in [-0.15, -0.1) is 0 Å². The number of aromatic hydroxyl groups is 1. The van der Waals surface area contributed by atoms with Crippen LogP contribution in [0.5, 0.6) is 5.88 Å². The predicted octanol–water partition coefficient (Wildman–Crippen LogP) is 3.40. The van der Waals surface area contributed by atoms with Gasteiger partial charge >= 0.3 is 0 Å². The third kappa shape index (κ3) is 2.13. The van der Waals surface area contributed by atoms with Crippen molar-refractivity contribution in [3.63, 3.8) is 0 Å². The lowest BCUT2D eigenvalue weighted by molar-refractivity contribution is 0.450. The van der Waals surface area contributed by atoms with Gasteiger partial charge < -0.3 is 5.11 Å². The fourth-order valence-corrected chi connectivity index (χ4v) is 2.24. The van der Waals surface area contributed by atoms with Crippen LogP contribution in [0, 0.1) is 0 Å². The summed E-state index contributed by atoms with van der Waals surface area (Å²) in [7, 11) is 0. The van der Waals surface area contributed by atoms with E-state index in [9.17, 15) is 5.11 Å². The highest BCUT2D eigenvalue weighted by molar-refractivity contribution is 5.74. The second-order valence-corrected chi connectivity index (χ2v) is 5.93.